The molecule has 0 saturated carbocycles. The van der Waals surface area contributed by atoms with Crippen LogP contribution in [0.2, 0.25) is 0 Å². The number of aromatic nitrogens is 2. The van der Waals surface area contributed by atoms with E-state index in [9.17, 15) is 4.79 Å². The molecule has 0 fully saturated rings. The van der Waals surface area contributed by atoms with Gasteiger partial charge < -0.3 is 15.2 Å². The van der Waals surface area contributed by atoms with Gasteiger partial charge in [-0.25, -0.2) is 9.78 Å². The Balaban J connectivity index is 1.73. The minimum atomic E-state index is -0.307. The van der Waals surface area contributed by atoms with Gasteiger partial charge in [-0.3, -0.25) is 0 Å². The Hall–Kier alpha value is -3.08. The summed E-state index contributed by atoms with van der Waals surface area (Å²) >= 11 is 0. The second kappa shape index (κ2) is 7.66. The molecule has 25 heavy (non-hydrogen) atoms. The lowest BCUT2D eigenvalue weighted by molar-refractivity contribution is 0.237. The molecule has 1 heterocycles. The van der Waals surface area contributed by atoms with E-state index in [1.54, 1.807) is 6.20 Å². The normalized spacial score (nSPS) is 11.8. The van der Waals surface area contributed by atoms with Crippen molar-refractivity contribution in [2.24, 2.45) is 7.05 Å². The van der Waals surface area contributed by atoms with Gasteiger partial charge in [0.2, 0.25) is 0 Å². The van der Waals surface area contributed by atoms with Crippen molar-refractivity contribution in [1.29, 1.82) is 0 Å². The van der Waals surface area contributed by atoms with Crippen LogP contribution in [0.15, 0.2) is 67.0 Å². The number of rotatable bonds is 5. The van der Waals surface area contributed by atoms with Gasteiger partial charge in [0.25, 0.3) is 0 Å². The molecule has 0 aliphatic rings. The minimum Gasteiger partial charge on any atom is -0.336 e. The number of aryl methyl sites for hydroxylation is 2. The van der Waals surface area contributed by atoms with Crippen LogP contribution >= 0.6 is 0 Å². The summed E-state index contributed by atoms with van der Waals surface area (Å²) in [6.07, 6.45) is 3.61. The van der Waals surface area contributed by atoms with Gasteiger partial charge in [0.15, 0.2) is 0 Å². The van der Waals surface area contributed by atoms with Gasteiger partial charge in [-0.15, -0.1) is 0 Å². The van der Waals surface area contributed by atoms with Crippen molar-refractivity contribution in [2.45, 2.75) is 19.5 Å². The number of benzene rings is 2. The van der Waals surface area contributed by atoms with Crippen molar-refractivity contribution in [3.05, 3.63) is 89.5 Å². The Morgan fingerprint density at radius 3 is 2.52 bits per heavy atom. The summed E-state index contributed by atoms with van der Waals surface area (Å²) in [5.74, 6) is 0.789. The third kappa shape index (κ3) is 4.07. The van der Waals surface area contributed by atoms with Crippen LogP contribution in [-0.4, -0.2) is 15.6 Å². The Morgan fingerprint density at radius 2 is 1.84 bits per heavy atom. The lowest BCUT2D eigenvalue weighted by atomic mass is 10.1. The fraction of sp³-hybridized carbons (Fsp3) is 0.200. The number of hydrogen-bond donors (Lipinski definition) is 2. The van der Waals surface area contributed by atoms with Crippen molar-refractivity contribution in [3.63, 3.8) is 0 Å². The summed E-state index contributed by atoms with van der Waals surface area (Å²) in [5, 5.41) is 5.97. The molecule has 0 aliphatic carbocycles. The fourth-order valence-electron chi connectivity index (χ4n) is 2.76. The predicted octanol–water partition coefficient (Wildman–Crippen LogP) is 3.32. The van der Waals surface area contributed by atoms with E-state index in [4.69, 9.17) is 0 Å². The average Bonchev–Trinajstić information content (AvgIpc) is 3.05. The molecular weight excluding hydrogens is 312 g/mol. The van der Waals surface area contributed by atoms with Gasteiger partial charge in [-0.05, 0) is 23.6 Å². The van der Waals surface area contributed by atoms with E-state index in [2.05, 4.69) is 15.6 Å². The monoisotopic (exact) mass is 334 g/mol. The summed E-state index contributed by atoms with van der Waals surface area (Å²) in [4.78, 5) is 16.9. The number of imidazole rings is 1. The zero-order valence-corrected chi connectivity index (χ0v) is 14.4. The molecule has 1 aromatic heterocycles. The quantitative estimate of drug-likeness (QED) is 0.752. The van der Waals surface area contributed by atoms with Gasteiger partial charge in [-0.2, -0.15) is 0 Å². The summed E-state index contributed by atoms with van der Waals surface area (Å²) < 4.78 is 1.92. The molecule has 1 atom stereocenters. The first kappa shape index (κ1) is 16.8. The number of nitrogens with zero attached hydrogens (tertiary/aromatic N) is 2. The van der Waals surface area contributed by atoms with Crippen molar-refractivity contribution in [1.82, 2.24) is 20.2 Å². The number of carbonyl (C=O) groups is 1. The number of hydrogen-bond acceptors (Lipinski definition) is 2. The van der Waals surface area contributed by atoms with Gasteiger partial charge >= 0.3 is 6.03 Å². The van der Waals surface area contributed by atoms with Gasteiger partial charge in [0, 0.05) is 26.0 Å². The Kier molecular flexibility index (Phi) is 5.14. The molecule has 0 aliphatic heterocycles. The first-order chi connectivity index (χ1) is 12.1. The van der Waals surface area contributed by atoms with E-state index in [-0.39, 0.29) is 12.1 Å². The standard InChI is InChI=1S/C20H22N4O/c1-15-8-6-7-11-17(15)14-22-20(25)23-18(16-9-4-3-5-10-16)19-21-12-13-24(19)2/h3-13,18H,14H2,1-2H3,(H2,22,23,25)/t18-/m0/s1. The van der Waals surface area contributed by atoms with E-state index in [0.29, 0.717) is 6.54 Å². The topological polar surface area (TPSA) is 59.0 Å². The lowest BCUT2D eigenvalue weighted by Crippen LogP contribution is -2.39. The van der Waals surface area contributed by atoms with Crippen LogP contribution in [0.3, 0.4) is 0 Å². The van der Waals surface area contributed by atoms with Crippen molar-refractivity contribution in [2.75, 3.05) is 0 Å². The molecule has 2 amide bonds. The van der Waals surface area contributed by atoms with Crippen LogP contribution in [0, 0.1) is 6.92 Å². The van der Waals surface area contributed by atoms with Gasteiger partial charge in [0.05, 0.1) is 0 Å². The fourth-order valence-corrected chi connectivity index (χ4v) is 2.76. The molecule has 5 heteroatoms. The highest BCUT2D eigenvalue weighted by atomic mass is 16.2. The molecule has 3 rings (SSSR count). The van der Waals surface area contributed by atoms with Crippen LogP contribution < -0.4 is 10.6 Å². The highest BCUT2D eigenvalue weighted by Gasteiger charge is 2.20. The van der Waals surface area contributed by atoms with E-state index >= 15 is 0 Å². The first-order valence-electron chi connectivity index (χ1n) is 8.26. The molecule has 0 saturated heterocycles. The Labute approximate surface area is 147 Å². The summed E-state index contributed by atoms with van der Waals surface area (Å²) in [6.45, 7) is 2.52. The average molecular weight is 334 g/mol. The third-order valence-electron chi connectivity index (χ3n) is 4.23. The molecule has 0 spiro atoms. The molecule has 3 aromatic rings. The smallest absolute Gasteiger partial charge is 0.315 e. The molecule has 0 unspecified atom stereocenters. The van der Waals surface area contributed by atoms with Crippen molar-refractivity contribution < 1.29 is 4.79 Å². The zero-order chi connectivity index (χ0) is 17.6. The van der Waals surface area contributed by atoms with Crippen LogP contribution in [-0.2, 0) is 13.6 Å². The highest BCUT2D eigenvalue weighted by molar-refractivity contribution is 5.74. The first-order valence-corrected chi connectivity index (χ1v) is 8.26. The Morgan fingerprint density at radius 1 is 1.12 bits per heavy atom. The summed E-state index contributed by atoms with van der Waals surface area (Å²) in [7, 11) is 1.92. The maximum absolute atomic E-state index is 12.5. The highest BCUT2D eigenvalue weighted by Crippen LogP contribution is 2.20. The molecule has 0 bridgehead atoms. The van der Waals surface area contributed by atoms with E-state index in [0.717, 1.165) is 22.5 Å². The summed E-state index contributed by atoms with van der Waals surface area (Å²) in [5.41, 5.74) is 3.25. The van der Waals surface area contributed by atoms with Crippen LogP contribution in [0.1, 0.15) is 28.6 Å². The summed E-state index contributed by atoms with van der Waals surface area (Å²) in [6, 6.07) is 17.3. The largest absolute Gasteiger partial charge is 0.336 e. The SMILES string of the molecule is Cc1ccccc1CNC(=O)N[C@@H](c1ccccc1)c1nccn1C. The second-order valence-electron chi connectivity index (χ2n) is 5.99. The van der Waals surface area contributed by atoms with E-state index in [1.807, 2.05) is 79.3 Å². The number of carbonyl (C=O) groups excluding carboxylic acids is 1. The maximum atomic E-state index is 12.5. The van der Waals surface area contributed by atoms with Gasteiger partial charge in [0.1, 0.15) is 11.9 Å². The maximum Gasteiger partial charge on any atom is 0.315 e. The molecule has 2 N–H and O–H groups in total. The number of nitrogens with one attached hydrogen (secondary N) is 2. The predicted molar refractivity (Wildman–Crippen MR) is 98.0 cm³/mol. The number of amides is 2. The van der Waals surface area contributed by atoms with Gasteiger partial charge in [-0.1, -0.05) is 54.6 Å². The zero-order valence-electron chi connectivity index (χ0n) is 14.4. The third-order valence-corrected chi connectivity index (χ3v) is 4.23. The van der Waals surface area contributed by atoms with Crippen LogP contribution in [0.4, 0.5) is 4.79 Å². The molecular formula is C20H22N4O. The van der Waals surface area contributed by atoms with Crippen LogP contribution in [0.5, 0.6) is 0 Å². The minimum absolute atomic E-state index is 0.222. The number of urea groups is 1. The van der Waals surface area contributed by atoms with E-state index < -0.39 is 0 Å². The van der Waals surface area contributed by atoms with E-state index in [1.165, 1.54) is 0 Å². The van der Waals surface area contributed by atoms with Crippen molar-refractivity contribution >= 4 is 6.03 Å². The Bertz CT molecular complexity index is 842. The molecule has 2 aromatic carbocycles. The van der Waals surface area contributed by atoms with Crippen molar-refractivity contribution in [3.8, 4) is 0 Å². The molecule has 128 valence electrons. The molecule has 0 radical (unpaired) electrons. The lowest BCUT2D eigenvalue weighted by Gasteiger charge is -2.19. The second-order valence-corrected chi connectivity index (χ2v) is 5.99. The molecule has 5 nitrogen and oxygen atoms in total. The van der Waals surface area contributed by atoms with Crippen LogP contribution in [0.25, 0.3) is 0 Å².